The van der Waals surface area contributed by atoms with Gasteiger partial charge in [-0.15, -0.1) is 0 Å². The molecule has 0 amide bonds. The fraction of sp³-hybridized carbons (Fsp3) is 0.0588. The highest BCUT2D eigenvalue weighted by atomic mass is 35.5. The maximum atomic E-state index is 9.37. The van der Waals surface area contributed by atoms with Gasteiger partial charge in [-0.2, -0.15) is 5.26 Å². The molecule has 4 nitrogen and oxygen atoms in total. The number of rotatable bonds is 2. The van der Waals surface area contributed by atoms with Gasteiger partial charge >= 0.3 is 0 Å². The molecule has 0 saturated heterocycles. The van der Waals surface area contributed by atoms with E-state index in [1.165, 1.54) is 0 Å². The number of pyridine rings is 1. The van der Waals surface area contributed by atoms with E-state index in [2.05, 4.69) is 11.1 Å². The molecule has 0 aliphatic rings. The van der Waals surface area contributed by atoms with Crippen LogP contribution in [0.3, 0.4) is 0 Å². The maximum absolute atomic E-state index is 9.37. The van der Waals surface area contributed by atoms with Gasteiger partial charge in [0.15, 0.2) is 0 Å². The van der Waals surface area contributed by atoms with E-state index in [-0.39, 0.29) is 11.4 Å². The van der Waals surface area contributed by atoms with Gasteiger partial charge < -0.3 is 10.2 Å². The lowest BCUT2D eigenvalue weighted by Gasteiger charge is -2.10. The molecule has 114 valence electrons. The number of nitrogen functional groups attached to an aromatic ring is 1. The Bertz CT molecular complexity index is 941. The van der Waals surface area contributed by atoms with Gasteiger partial charge in [-0.3, -0.25) is 0 Å². The Balaban J connectivity index is 2.27. The first-order chi connectivity index (χ1) is 11.0. The van der Waals surface area contributed by atoms with Crippen molar-refractivity contribution in [1.82, 2.24) is 4.98 Å². The van der Waals surface area contributed by atoms with Gasteiger partial charge in [-0.05, 0) is 43.3 Å². The molecule has 23 heavy (non-hydrogen) atoms. The number of halogens is 2. The van der Waals surface area contributed by atoms with Crippen LogP contribution < -0.4 is 5.73 Å². The van der Waals surface area contributed by atoms with Gasteiger partial charge in [-0.1, -0.05) is 23.2 Å². The molecule has 0 radical (unpaired) electrons. The van der Waals surface area contributed by atoms with Crippen LogP contribution in [0.1, 0.15) is 11.3 Å². The second kappa shape index (κ2) is 5.96. The van der Waals surface area contributed by atoms with Crippen LogP contribution in [0.25, 0.3) is 22.6 Å². The summed E-state index contributed by atoms with van der Waals surface area (Å²) < 4.78 is 5.62. The first-order valence-electron chi connectivity index (χ1n) is 6.72. The lowest BCUT2D eigenvalue weighted by molar-refractivity contribution is 0.548. The van der Waals surface area contributed by atoms with E-state index in [9.17, 15) is 5.26 Å². The average molecular weight is 344 g/mol. The lowest BCUT2D eigenvalue weighted by Crippen LogP contribution is -1.99. The molecule has 0 bridgehead atoms. The monoisotopic (exact) mass is 343 g/mol. The number of hydrogen-bond acceptors (Lipinski definition) is 4. The summed E-state index contributed by atoms with van der Waals surface area (Å²) in [5.74, 6) is 1.40. The Morgan fingerprint density at radius 2 is 1.91 bits per heavy atom. The van der Waals surface area contributed by atoms with E-state index < -0.39 is 0 Å². The Morgan fingerprint density at radius 3 is 2.57 bits per heavy atom. The molecular formula is C17H11Cl2N3O. The summed E-state index contributed by atoms with van der Waals surface area (Å²) >= 11 is 12.3. The number of benzene rings is 1. The van der Waals surface area contributed by atoms with Crippen LogP contribution in [0, 0.1) is 18.3 Å². The summed E-state index contributed by atoms with van der Waals surface area (Å²) in [5.41, 5.74) is 7.95. The van der Waals surface area contributed by atoms with Crippen molar-refractivity contribution < 1.29 is 4.42 Å². The third kappa shape index (κ3) is 2.89. The smallest absolute Gasteiger partial charge is 0.142 e. The first-order valence-corrected chi connectivity index (χ1v) is 7.48. The number of nitrogens with two attached hydrogens (primary N) is 1. The Kier molecular flexibility index (Phi) is 3.99. The fourth-order valence-electron chi connectivity index (χ4n) is 2.29. The molecule has 6 heteroatoms. The number of aromatic nitrogens is 1. The van der Waals surface area contributed by atoms with E-state index in [0.29, 0.717) is 32.6 Å². The zero-order valence-electron chi connectivity index (χ0n) is 12.1. The topological polar surface area (TPSA) is 75.8 Å². The van der Waals surface area contributed by atoms with E-state index >= 15 is 0 Å². The van der Waals surface area contributed by atoms with Crippen molar-refractivity contribution in [2.24, 2.45) is 0 Å². The predicted molar refractivity (Wildman–Crippen MR) is 91.3 cm³/mol. The SMILES string of the molecule is Cc1ccc(-c2cc(-c3cc(Cl)ccc3Cl)nc(N)c2C#N)o1. The van der Waals surface area contributed by atoms with Gasteiger partial charge in [0.1, 0.15) is 29.0 Å². The number of nitriles is 1. The molecule has 0 atom stereocenters. The second-order valence-electron chi connectivity index (χ2n) is 4.96. The molecule has 2 N–H and O–H groups in total. The van der Waals surface area contributed by atoms with Crippen molar-refractivity contribution >= 4 is 29.0 Å². The molecule has 3 aromatic rings. The van der Waals surface area contributed by atoms with E-state index in [1.807, 2.05) is 13.0 Å². The van der Waals surface area contributed by atoms with Gasteiger partial charge in [-0.25, -0.2) is 4.98 Å². The van der Waals surface area contributed by atoms with Crippen molar-refractivity contribution in [2.45, 2.75) is 6.92 Å². The number of nitrogens with zero attached hydrogens (tertiary/aromatic N) is 2. The Hall–Kier alpha value is -2.48. The molecule has 1 aromatic carbocycles. The summed E-state index contributed by atoms with van der Waals surface area (Å²) in [6, 6.07) is 12.5. The van der Waals surface area contributed by atoms with Crippen LogP contribution in [0.5, 0.6) is 0 Å². The fourth-order valence-corrected chi connectivity index (χ4v) is 2.67. The van der Waals surface area contributed by atoms with Crippen molar-refractivity contribution in [3.63, 3.8) is 0 Å². The molecule has 0 saturated carbocycles. The number of aryl methyl sites for hydroxylation is 1. The molecule has 3 rings (SSSR count). The highest BCUT2D eigenvalue weighted by Gasteiger charge is 2.17. The van der Waals surface area contributed by atoms with E-state index in [1.54, 1.807) is 30.3 Å². The van der Waals surface area contributed by atoms with E-state index in [0.717, 1.165) is 5.76 Å². The third-order valence-electron chi connectivity index (χ3n) is 3.37. The van der Waals surface area contributed by atoms with Gasteiger partial charge in [0.25, 0.3) is 0 Å². The second-order valence-corrected chi connectivity index (χ2v) is 5.81. The van der Waals surface area contributed by atoms with Crippen molar-refractivity contribution in [3.8, 4) is 28.7 Å². The molecule has 0 fully saturated rings. The molecule has 0 unspecified atom stereocenters. The molecule has 0 aliphatic carbocycles. The van der Waals surface area contributed by atoms with Crippen molar-refractivity contribution in [3.05, 3.63) is 57.8 Å². The minimum atomic E-state index is 0.116. The van der Waals surface area contributed by atoms with E-state index in [4.69, 9.17) is 33.4 Å². The zero-order valence-corrected chi connectivity index (χ0v) is 13.6. The van der Waals surface area contributed by atoms with Crippen LogP contribution in [0.2, 0.25) is 10.0 Å². The maximum Gasteiger partial charge on any atom is 0.142 e. The van der Waals surface area contributed by atoms with Crippen LogP contribution >= 0.6 is 23.2 Å². The molecule has 0 spiro atoms. The number of furan rings is 1. The summed E-state index contributed by atoms with van der Waals surface area (Å²) in [4.78, 5) is 4.28. The van der Waals surface area contributed by atoms with Crippen molar-refractivity contribution in [1.29, 1.82) is 5.26 Å². The largest absolute Gasteiger partial charge is 0.461 e. The normalized spacial score (nSPS) is 10.5. The number of anilines is 1. The molecular weight excluding hydrogens is 333 g/mol. The molecule has 2 aromatic heterocycles. The summed E-state index contributed by atoms with van der Waals surface area (Å²) in [6.07, 6.45) is 0. The van der Waals surface area contributed by atoms with Gasteiger partial charge in [0.05, 0.1) is 10.7 Å². The average Bonchev–Trinajstić information content (AvgIpc) is 2.95. The minimum absolute atomic E-state index is 0.116. The highest BCUT2D eigenvalue weighted by molar-refractivity contribution is 6.35. The third-order valence-corrected chi connectivity index (χ3v) is 3.93. The molecule has 0 aliphatic heterocycles. The lowest BCUT2D eigenvalue weighted by atomic mass is 10.0. The highest BCUT2D eigenvalue weighted by Crippen LogP contribution is 2.35. The van der Waals surface area contributed by atoms with Crippen LogP contribution in [0.15, 0.2) is 40.8 Å². The summed E-state index contributed by atoms with van der Waals surface area (Å²) in [7, 11) is 0. The zero-order chi connectivity index (χ0) is 16.6. The first kappa shape index (κ1) is 15.4. The Labute approximate surface area is 143 Å². The van der Waals surface area contributed by atoms with Crippen LogP contribution in [-0.4, -0.2) is 4.98 Å². The van der Waals surface area contributed by atoms with Crippen molar-refractivity contribution in [2.75, 3.05) is 5.73 Å². The van der Waals surface area contributed by atoms with Gasteiger partial charge in [0.2, 0.25) is 0 Å². The summed E-state index contributed by atoms with van der Waals surface area (Å²) in [5, 5.41) is 10.4. The minimum Gasteiger partial charge on any atom is -0.461 e. The van der Waals surface area contributed by atoms with Crippen LogP contribution in [0.4, 0.5) is 5.82 Å². The summed E-state index contributed by atoms with van der Waals surface area (Å²) in [6.45, 7) is 1.83. The Morgan fingerprint density at radius 1 is 1.13 bits per heavy atom. The quantitative estimate of drug-likeness (QED) is 0.703. The number of hydrogen-bond donors (Lipinski definition) is 1. The molecule has 2 heterocycles. The van der Waals surface area contributed by atoms with Gasteiger partial charge in [0, 0.05) is 16.1 Å². The van der Waals surface area contributed by atoms with Crippen LogP contribution in [-0.2, 0) is 0 Å². The predicted octanol–water partition coefficient (Wildman–Crippen LogP) is 5.08. The standard InChI is InChI=1S/C17H11Cl2N3O/c1-9-2-5-16(23-9)11-7-15(22-17(21)13(11)8-20)12-6-10(18)3-4-14(12)19/h2-7H,1H3,(H2,21,22).